The first kappa shape index (κ1) is 8.78. The average Bonchev–Trinajstić information content (AvgIpc) is 2.47. The van der Waals surface area contributed by atoms with Crippen LogP contribution in [0.15, 0.2) is 28.9 Å². The number of fused-ring (bicyclic) bond motifs is 1. The van der Waals surface area contributed by atoms with Gasteiger partial charge in [-0.05, 0) is 46.6 Å². The Hall–Kier alpha value is -0.800. The summed E-state index contributed by atoms with van der Waals surface area (Å²) in [7, 11) is 0. The van der Waals surface area contributed by atoms with Gasteiger partial charge in [0.25, 0.3) is 0 Å². The first-order valence-electron chi connectivity index (χ1n) is 4.27. The van der Waals surface area contributed by atoms with Crippen molar-refractivity contribution in [1.29, 1.82) is 0 Å². The van der Waals surface area contributed by atoms with Crippen LogP contribution in [0.25, 0.3) is 10.9 Å². The van der Waals surface area contributed by atoms with E-state index in [0.717, 1.165) is 16.5 Å². The molecule has 3 N–H and O–H groups in total. The highest BCUT2D eigenvalue weighted by Crippen LogP contribution is 2.22. The van der Waals surface area contributed by atoms with Crippen LogP contribution in [0.2, 0.25) is 0 Å². The van der Waals surface area contributed by atoms with Crippen molar-refractivity contribution in [2.45, 2.75) is 6.42 Å². The Balaban J connectivity index is 2.60. The van der Waals surface area contributed by atoms with Gasteiger partial charge in [-0.3, -0.25) is 0 Å². The van der Waals surface area contributed by atoms with Gasteiger partial charge in [0.2, 0.25) is 0 Å². The van der Waals surface area contributed by atoms with E-state index in [2.05, 4.69) is 45.2 Å². The number of hydrogen-bond donors (Lipinski definition) is 2. The van der Waals surface area contributed by atoms with E-state index < -0.39 is 0 Å². The maximum Gasteiger partial charge on any atom is 0.0831 e. The van der Waals surface area contributed by atoms with Gasteiger partial charge in [-0.2, -0.15) is 0 Å². The van der Waals surface area contributed by atoms with E-state index >= 15 is 0 Å². The van der Waals surface area contributed by atoms with E-state index in [1.807, 2.05) is 0 Å². The summed E-state index contributed by atoms with van der Waals surface area (Å²) in [5.41, 5.74) is 8.01. The molecule has 0 radical (unpaired) electrons. The molecule has 1 aromatic carbocycles. The summed E-state index contributed by atoms with van der Waals surface area (Å²) in [5, 5.41) is 1.26. The molecule has 13 heavy (non-hydrogen) atoms. The predicted octanol–water partition coefficient (Wildman–Crippen LogP) is 2.43. The second kappa shape index (κ2) is 3.52. The van der Waals surface area contributed by atoms with Gasteiger partial charge in [-0.15, -0.1) is 0 Å². The number of hydrogen-bond acceptors (Lipinski definition) is 1. The van der Waals surface area contributed by atoms with Crippen molar-refractivity contribution in [3.8, 4) is 0 Å². The zero-order chi connectivity index (χ0) is 9.26. The van der Waals surface area contributed by atoms with Gasteiger partial charge < -0.3 is 10.7 Å². The van der Waals surface area contributed by atoms with Crippen molar-refractivity contribution < 1.29 is 0 Å². The lowest BCUT2D eigenvalue weighted by molar-refractivity contribution is 0.977. The van der Waals surface area contributed by atoms with Crippen molar-refractivity contribution in [2.24, 2.45) is 5.73 Å². The highest BCUT2D eigenvalue weighted by atomic mass is 79.9. The summed E-state index contributed by atoms with van der Waals surface area (Å²) in [6, 6.07) is 8.34. The van der Waals surface area contributed by atoms with Gasteiger partial charge >= 0.3 is 0 Å². The molecule has 68 valence electrons. The summed E-state index contributed by atoms with van der Waals surface area (Å²) >= 11 is 3.42. The molecule has 0 bridgehead atoms. The highest BCUT2D eigenvalue weighted by molar-refractivity contribution is 9.10. The minimum Gasteiger partial charge on any atom is -0.349 e. The Morgan fingerprint density at radius 2 is 2.23 bits per heavy atom. The third kappa shape index (κ3) is 1.62. The Bertz CT molecular complexity index is 420. The number of aromatic nitrogens is 1. The summed E-state index contributed by atoms with van der Waals surface area (Å²) < 4.78 is 1.02. The minimum atomic E-state index is 0.696. The molecular weight excluding hydrogens is 228 g/mol. The summed E-state index contributed by atoms with van der Waals surface area (Å²) in [4.78, 5) is 3.23. The molecular formula is C10H11BrN2. The predicted molar refractivity (Wildman–Crippen MR) is 58.8 cm³/mol. The van der Waals surface area contributed by atoms with E-state index in [0.29, 0.717) is 6.54 Å². The van der Waals surface area contributed by atoms with Crippen LogP contribution in [0.5, 0.6) is 0 Å². The fraction of sp³-hybridized carbons (Fsp3) is 0.200. The van der Waals surface area contributed by atoms with Crippen LogP contribution < -0.4 is 5.73 Å². The van der Waals surface area contributed by atoms with E-state index in [1.165, 1.54) is 10.9 Å². The number of rotatable bonds is 2. The second-order valence-electron chi connectivity index (χ2n) is 3.03. The minimum absolute atomic E-state index is 0.696. The molecule has 1 aromatic heterocycles. The maximum absolute atomic E-state index is 5.54. The number of benzene rings is 1. The van der Waals surface area contributed by atoms with Crippen LogP contribution >= 0.6 is 15.9 Å². The number of halogens is 1. The summed E-state index contributed by atoms with van der Waals surface area (Å²) in [6.45, 7) is 0.696. The van der Waals surface area contributed by atoms with Gasteiger partial charge in [-0.1, -0.05) is 12.1 Å². The molecule has 0 saturated carbocycles. The monoisotopic (exact) mass is 238 g/mol. The highest BCUT2D eigenvalue weighted by Gasteiger charge is 2.02. The Labute approximate surface area is 85.3 Å². The van der Waals surface area contributed by atoms with E-state index in [4.69, 9.17) is 5.73 Å². The number of nitrogens with two attached hydrogens (primary N) is 1. The molecule has 2 nitrogen and oxygen atoms in total. The van der Waals surface area contributed by atoms with E-state index in [-0.39, 0.29) is 0 Å². The Morgan fingerprint density at radius 1 is 1.38 bits per heavy atom. The molecule has 0 fully saturated rings. The van der Waals surface area contributed by atoms with Crippen LogP contribution in [-0.2, 0) is 6.42 Å². The SMILES string of the molecule is NCCc1cccc2[nH]c(Br)cc12. The second-order valence-corrected chi connectivity index (χ2v) is 3.89. The van der Waals surface area contributed by atoms with Gasteiger partial charge in [0.05, 0.1) is 4.60 Å². The van der Waals surface area contributed by atoms with Crippen molar-refractivity contribution in [3.63, 3.8) is 0 Å². The first-order valence-corrected chi connectivity index (χ1v) is 5.07. The van der Waals surface area contributed by atoms with Crippen molar-refractivity contribution in [2.75, 3.05) is 6.54 Å². The zero-order valence-corrected chi connectivity index (χ0v) is 8.76. The lowest BCUT2D eigenvalue weighted by atomic mass is 10.1. The molecule has 0 aliphatic rings. The molecule has 0 aliphatic carbocycles. The molecule has 2 rings (SSSR count). The number of aromatic amines is 1. The van der Waals surface area contributed by atoms with Crippen molar-refractivity contribution >= 4 is 26.8 Å². The smallest absolute Gasteiger partial charge is 0.0831 e. The van der Waals surface area contributed by atoms with Crippen LogP contribution in [0.1, 0.15) is 5.56 Å². The van der Waals surface area contributed by atoms with Gasteiger partial charge in [0, 0.05) is 10.9 Å². The third-order valence-corrected chi connectivity index (χ3v) is 2.56. The Kier molecular flexibility index (Phi) is 2.38. The fourth-order valence-electron chi connectivity index (χ4n) is 1.56. The lowest BCUT2D eigenvalue weighted by Crippen LogP contribution is -2.02. The molecule has 0 spiro atoms. The molecule has 0 aliphatic heterocycles. The van der Waals surface area contributed by atoms with E-state index in [1.54, 1.807) is 0 Å². The summed E-state index contributed by atoms with van der Waals surface area (Å²) in [6.07, 6.45) is 0.932. The van der Waals surface area contributed by atoms with Crippen LogP contribution in [0, 0.1) is 0 Å². The van der Waals surface area contributed by atoms with Crippen molar-refractivity contribution in [3.05, 3.63) is 34.4 Å². The molecule has 0 unspecified atom stereocenters. The quantitative estimate of drug-likeness (QED) is 0.830. The molecule has 0 saturated heterocycles. The number of H-pyrrole nitrogens is 1. The first-order chi connectivity index (χ1) is 6.31. The molecule has 2 aromatic rings. The lowest BCUT2D eigenvalue weighted by Gasteiger charge is -1.99. The van der Waals surface area contributed by atoms with Crippen LogP contribution in [-0.4, -0.2) is 11.5 Å². The third-order valence-electron chi connectivity index (χ3n) is 2.14. The van der Waals surface area contributed by atoms with Crippen LogP contribution in [0.4, 0.5) is 0 Å². The standard InChI is InChI=1S/C10H11BrN2/c11-10-6-8-7(4-5-12)2-1-3-9(8)13-10/h1-3,6,13H,4-5,12H2. The fourth-order valence-corrected chi connectivity index (χ4v) is 2.00. The maximum atomic E-state index is 5.54. The molecule has 1 heterocycles. The van der Waals surface area contributed by atoms with Gasteiger partial charge in [0.15, 0.2) is 0 Å². The van der Waals surface area contributed by atoms with Gasteiger partial charge in [-0.25, -0.2) is 0 Å². The summed E-state index contributed by atoms with van der Waals surface area (Å²) in [5.74, 6) is 0. The zero-order valence-electron chi connectivity index (χ0n) is 7.18. The largest absolute Gasteiger partial charge is 0.349 e. The number of nitrogens with one attached hydrogen (secondary N) is 1. The normalized spacial score (nSPS) is 10.9. The van der Waals surface area contributed by atoms with Crippen LogP contribution in [0.3, 0.4) is 0 Å². The van der Waals surface area contributed by atoms with E-state index in [9.17, 15) is 0 Å². The van der Waals surface area contributed by atoms with Crippen molar-refractivity contribution in [1.82, 2.24) is 4.98 Å². The molecule has 0 atom stereocenters. The Morgan fingerprint density at radius 3 is 3.00 bits per heavy atom. The molecule has 0 amide bonds. The van der Waals surface area contributed by atoms with Gasteiger partial charge in [0.1, 0.15) is 0 Å². The molecule has 3 heteroatoms. The topological polar surface area (TPSA) is 41.8 Å². The average molecular weight is 239 g/mol.